The third-order valence-electron chi connectivity index (χ3n) is 2.08. The number of aromatic nitrogens is 2. The van der Waals surface area contributed by atoms with Crippen molar-refractivity contribution in [1.82, 2.24) is 9.13 Å². The first kappa shape index (κ1) is 15.0. The molecule has 1 aromatic heterocycles. The number of ketones is 1. The van der Waals surface area contributed by atoms with Crippen LogP contribution >= 0.6 is 0 Å². The first-order valence-corrected chi connectivity index (χ1v) is 6.01. The van der Waals surface area contributed by atoms with E-state index in [0.717, 1.165) is 6.92 Å². The highest BCUT2D eigenvalue weighted by Crippen LogP contribution is 1.95. The normalized spacial score (nSPS) is 12.1. The highest BCUT2D eigenvalue weighted by Gasteiger charge is 2.17. The van der Waals surface area contributed by atoms with Crippen LogP contribution in [0.5, 0.6) is 0 Å². The zero-order valence-corrected chi connectivity index (χ0v) is 10.5. The van der Waals surface area contributed by atoms with Gasteiger partial charge in [-0.3, -0.25) is 23.5 Å². The van der Waals surface area contributed by atoms with Crippen LogP contribution in [0.4, 0.5) is 0 Å². The monoisotopic (exact) mass is 290 g/mol. The number of carboxylic acid groups (broad SMARTS) is 1. The summed E-state index contributed by atoms with van der Waals surface area (Å²) in [5, 5.41) is 8.61. The second-order valence-corrected chi connectivity index (χ2v) is 4.58. The molecule has 10 heteroatoms. The summed E-state index contributed by atoms with van der Waals surface area (Å²) in [7, 11) is 0. The Morgan fingerprint density at radius 3 is 2.32 bits per heavy atom. The minimum atomic E-state index is -2.70. The molecule has 0 saturated heterocycles. The Bertz CT molecular complexity index is 672. The molecule has 1 aromatic rings. The summed E-state index contributed by atoms with van der Waals surface area (Å²) >= 11 is -2.70. The molecule has 1 atom stereocenters. The van der Waals surface area contributed by atoms with Gasteiger partial charge in [0.05, 0.1) is 6.54 Å². The molecule has 0 amide bonds. The minimum Gasteiger partial charge on any atom is -0.480 e. The van der Waals surface area contributed by atoms with Gasteiger partial charge in [-0.2, -0.15) is 0 Å². The van der Waals surface area contributed by atoms with Gasteiger partial charge in [0, 0.05) is 6.20 Å². The van der Waals surface area contributed by atoms with Crippen LogP contribution in [0, 0.1) is 0 Å². The molecular weight excluding hydrogens is 280 g/mol. The molecule has 0 fully saturated rings. The standard InChI is InChI=1S/C9H10N2O7S/c1-5(12)2-11-8(15)6(19(17)18)3-10(9(11)16)4-7(13)14/h3H,2,4H2,1H3,(H,13,14)(H,17,18). The second kappa shape index (κ2) is 5.71. The lowest BCUT2D eigenvalue weighted by atomic mass is 10.4. The van der Waals surface area contributed by atoms with E-state index in [0.29, 0.717) is 15.3 Å². The molecule has 104 valence electrons. The van der Waals surface area contributed by atoms with Crippen molar-refractivity contribution in [2.24, 2.45) is 0 Å². The van der Waals surface area contributed by atoms with Crippen molar-refractivity contribution >= 4 is 22.8 Å². The Hall–Kier alpha value is -2.07. The van der Waals surface area contributed by atoms with Crippen molar-refractivity contribution in [2.45, 2.75) is 24.9 Å². The van der Waals surface area contributed by atoms with Crippen molar-refractivity contribution < 1.29 is 23.5 Å². The van der Waals surface area contributed by atoms with Crippen LogP contribution < -0.4 is 11.2 Å². The van der Waals surface area contributed by atoms with E-state index in [2.05, 4.69) is 0 Å². The van der Waals surface area contributed by atoms with Crippen LogP contribution in [-0.4, -0.2) is 34.8 Å². The van der Waals surface area contributed by atoms with Gasteiger partial charge in [-0.25, -0.2) is 9.00 Å². The Morgan fingerprint density at radius 2 is 1.89 bits per heavy atom. The highest BCUT2D eigenvalue weighted by atomic mass is 32.2. The van der Waals surface area contributed by atoms with Crippen LogP contribution in [0.15, 0.2) is 20.7 Å². The fraction of sp³-hybridized carbons (Fsp3) is 0.333. The molecule has 0 aliphatic heterocycles. The molecule has 0 aliphatic carbocycles. The van der Waals surface area contributed by atoms with Crippen LogP contribution in [0.2, 0.25) is 0 Å². The summed E-state index contributed by atoms with van der Waals surface area (Å²) in [4.78, 5) is 44.3. The lowest BCUT2D eigenvalue weighted by Gasteiger charge is -2.08. The van der Waals surface area contributed by atoms with Crippen molar-refractivity contribution in [1.29, 1.82) is 0 Å². The van der Waals surface area contributed by atoms with Gasteiger partial charge in [0.1, 0.15) is 17.2 Å². The topological polar surface area (TPSA) is 136 Å². The number of carbonyl (C=O) groups is 2. The van der Waals surface area contributed by atoms with Crippen LogP contribution in [-0.2, 0) is 33.8 Å². The highest BCUT2D eigenvalue weighted by molar-refractivity contribution is 7.79. The van der Waals surface area contributed by atoms with E-state index in [-0.39, 0.29) is 0 Å². The lowest BCUT2D eigenvalue weighted by Crippen LogP contribution is -2.43. The van der Waals surface area contributed by atoms with Crippen LogP contribution in [0.1, 0.15) is 6.92 Å². The summed E-state index contributed by atoms with van der Waals surface area (Å²) in [6.07, 6.45) is 0.700. The number of nitrogens with zero attached hydrogens (tertiary/aromatic N) is 2. The van der Waals surface area contributed by atoms with Crippen molar-refractivity contribution in [3.05, 3.63) is 27.0 Å². The fourth-order valence-electron chi connectivity index (χ4n) is 1.37. The summed E-state index contributed by atoms with van der Waals surface area (Å²) in [6, 6.07) is 0. The maximum atomic E-state index is 11.8. The molecule has 1 heterocycles. The molecule has 0 saturated carbocycles. The Labute approximate surface area is 108 Å². The zero-order chi connectivity index (χ0) is 14.7. The molecule has 1 unspecified atom stereocenters. The van der Waals surface area contributed by atoms with Crippen LogP contribution in [0.25, 0.3) is 0 Å². The van der Waals surface area contributed by atoms with Gasteiger partial charge in [0.2, 0.25) is 0 Å². The predicted molar refractivity (Wildman–Crippen MR) is 62.3 cm³/mol. The molecule has 19 heavy (non-hydrogen) atoms. The first-order chi connectivity index (χ1) is 8.73. The third-order valence-corrected chi connectivity index (χ3v) is 2.74. The summed E-state index contributed by atoms with van der Waals surface area (Å²) in [5.41, 5.74) is -2.13. The number of rotatable bonds is 5. The van der Waals surface area contributed by atoms with Gasteiger partial charge in [-0.1, -0.05) is 0 Å². The smallest absolute Gasteiger partial charge is 0.332 e. The molecule has 0 aromatic carbocycles. The number of carboxylic acids is 1. The van der Waals surface area contributed by atoms with Gasteiger partial charge in [-0.15, -0.1) is 0 Å². The van der Waals surface area contributed by atoms with E-state index in [1.54, 1.807) is 0 Å². The van der Waals surface area contributed by atoms with Crippen molar-refractivity contribution in [2.75, 3.05) is 0 Å². The average molecular weight is 290 g/mol. The quantitative estimate of drug-likeness (QED) is 0.614. The van der Waals surface area contributed by atoms with E-state index < -0.39 is 52.1 Å². The molecule has 9 nitrogen and oxygen atoms in total. The van der Waals surface area contributed by atoms with E-state index in [9.17, 15) is 23.4 Å². The van der Waals surface area contributed by atoms with E-state index >= 15 is 0 Å². The molecule has 0 spiro atoms. The van der Waals surface area contributed by atoms with E-state index in [1.807, 2.05) is 0 Å². The Morgan fingerprint density at radius 1 is 1.32 bits per heavy atom. The predicted octanol–water partition coefficient (Wildman–Crippen LogP) is -1.74. The van der Waals surface area contributed by atoms with Gasteiger partial charge in [0.25, 0.3) is 5.56 Å². The lowest BCUT2D eigenvalue weighted by molar-refractivity contribution is -0.137. The summed E-state index contributed by atoms with van der Waals surface area (Å²) in [6.45, 7) is -0.264. The third kappa shape index (κ3) is 3.45. The summed E-state index contributed by atoms with van der Waals surface area (Å²) in [5.74, 6) is -1.90. The molecule has 1 rings (SSSR count). The summed E-state index contributed by atoms with van der Waals surface area (Å²) < 4.78 is 20.9. The molecular formula is C9H10N2O7S. The van der Waals surface area contributed by atoms with Gasteiger partial charge < -0.3 is 9.66 Å². The number of hydrogen-bond acceptors (Lipinski definition) is 5. The number of hydrogen-bond donors (Lipinski definition) is 2. The minimum absolute atomic E-state index is 0.425. The SMILES string of the molecule is CC(=O)Cn1c(=O)c(S(=O)O)cn(CC(=O)O)c1=O. The maximum absolute atomic E-state index is 11.8. The largest absolute Gasteiger partial charge is 0.480 e. The average Bonchev–Trinajstić information content (AvgIpc) is 2.26. The first-order valence-electron chi connectivity index (χ1n) is 4.90. The Kier molecular flexibility index (Phi) is 4.51. The zero-order valence-electron chi connectivity index (χ0n) is 9.73. The molecule has 0 aliphatic rings. The molecule has 0 radical (unpaired) electrons. The molecule has 0 bridgehead atoms. The maximum Gasteiger partial charge on any atom is 0.332 e. The second-order valence-electron chi connectivity index (χ2n) is 3.64. The van der Waals surface area contributed by atoms with E-state index in [1.165, 1.54) is 0 Å². The van der Waals surface area contributed by atoms with Crippen molar-refractivity contribution in [3.8, 4) is 0 Å². The van der Waals surface area contributed by atoms with Gasteiger partial charge in [-0.05, 0) is 6.92 Å². The van der Waals surface area contributed by atoms with Gasteiger partial charge in [0.15, 0.2) is 11.1 Å². The number of Topliss-reactive ketones (excluding diaryl/α,β-unsaturated/α-hetero) is 1. The fourth-order valence-corrected chi connectivity index (χ4v) is 1.84. The molecule has 2 N–H and O–H groups in total. The number of aliphatic carboxylic acids is 1. The van der Waals surface area contributed by atoms with Crippen LogP contribution in [0.3, 0.4) is 0 Å². The Balaban J connectivity index is 3.60. The van der Waals surface area contributed by atoms with Crippen molar-refractivity contribution in [3.63, 3.8) is 0 Å². The number of carbonyl (C=O) groups excluding carboxylic acids is 1. The van der Waals surface area contributed by atoms with Gasteiger partial charge >= 0.3 is 11.7 Å². The van der Waals surface area contributed by atoms with E-state index in [4.69, 9.17) is 9.66 Å².